The number of ether oxygens (including phenoxy) is 1. The van der Waals surface area contributed by atoms with Gasteiger partial charge in [0.25, 0.3) is 0 Å². The number of phenols is 1. The predicted molar refractivity (Wildman–Crippen MR) is 96.0 cm³/mol. The molecule has 5 rings (SSSR count). The van der Waals surface area contributed by atoms with Crippen molar-refractivity contribution in [2.24, 2.45) is 17.8 Å². The average Bonchev–Trinajstić information content (AvgIpc) is 3.00. The monoisotopic (exact) mass is 368 g/mol. The van der Waals surface area contributed by atoms with Gasteiger partial charge >= 0.3 is 0 Å². The number of carbonyl (C=O) groups excluding carboxylic acids is 1. The molecule has 6 atom stereocenters. The van der Waals surface area contributed by atoms with Crippen molar-refractivity contribution in [1.29, 1.82) is 0 Å². The first-order valence-electron chi connectivity index (χ1n) is 9.05. The molecule has 1 aromatic carbocycles. The van der Waals surface area contributed by atoms with Gasteiger partial charge in [0, 0.05) is 25.4 Å². The Kier molecular flexibility index (Phi) is 3.44. The van der Waals surface area contributed by atoms with Crippen LogP contribution in [0.15, 0.2) is 47.3 Å². The Balaban J connectivity index is 1.82. The first kappa shape index (κ1) is 16.7. The van der Waals surface area contributed by atoms with Crippen LogP contribution in [-0.2, 0) is 4.74 Å². The predicted octanol–water partition coefficient (Wildman–Crippen LogP) is 1.73. The fraction of sp³-hybridized carbons (Fsp3) is 0.381. The van der Waals surface area contributed by atoms with Crippen molar-refractivity contribution in [3.05, 3.63) is 58.4 Å². The third-order valence-corrected chi connectivity index (χ3v) is 6.50. The van der Waals surface area contributed by atoms with Crippen LogP contribution < -0.4 is 0 Å². The standard InChI is InChI=1S/C21H20O6/c1-27-13-7-12(24)19-15-8-3-2-4-10(22)14(8)20(25)21(26)17(15)9-5-6-11(23)18(13)16(9)19/h2-6,12-13,16-18,21-24,26H,7H2,1H3/t12-,13-,16?,17+,18?,21-/m0/s1. The maximum Gasteiger partial charge on any atom is 0.196 e. The number of allylic oxidation sites excluding steroid dienone is 2. The highest BCUT2D eigenvalue weighted by molar-refractivity contribution is 6.11. The second kappa shape index (κ2) is 5.55. The number of hydrogen-bond acceptors (Lipinski definition) is 6. The average molecular weight is 368 g/mol. The number of hydrogen-bond donors (Lipinski definition) is 4. The molecule has 27 heavy (non-hydrogen) atoms. The van der Waals surface area contributed by atoms with Crippen molar-refractivity contribution >= 4 is 11.4 Å². The van der Waals surface area contributed by atoms with Gasteiger partial charge in [-0.25, -0.2) is 0 Å². The minimum Gasteiger partial charge on any atom is -0.512 e. The molecule has 4 aliphatic carbocycles. The molecule has 1 fully saturated rings. The Morgan fingerprint density at radius 2 is 1.89 bits per heavy atom. The van der Waals surface area contributed by atoms with Crippen LogP contribution in [0.1, 0.15) is 22.3 Å². The highest BCUT2D eigenvalue weighted by Gasteiger charge is 2.57. The van der Waals surface area contributed by atoms with E-state index in [0.29, 0.717) is 23.1 Å². The van der Waals surface area contributed by atoms with E-state index in [2.05, 4.69) is 0 Å². The highest BCUT2D eigenvalue weighted by atomic mass is 16.5. The lowest BCUT2D eigenvalue weighted by Crippen LogP contribution is -2.43. The van der Waals surface area contributed by atoms with Gasteiger partial charge in [-0.1, -0.05) is 23.8 Å². The summed E-state index contributed by atoms with van der Waals surface area (Å²) in [6.07, 6.45) is 1.12. The van der Waals surface area contributed by atoms with Crippen LogP contribution in [0.25, 0.3) is 5.57 Å². The quantitative estimate of drug-likeness (QED) is 0.601. The zero-order valence-electron chi connectivity index (χ0n) is 14.7. The molecule has 0 spiro atoms. The zero-order chi connectivity index (χ0) is 19.0. The van der Waals surface area contributed by atoms with E-state index in [0.717, 1.165) is 5.57 Å². The highest BCUT2D eigenvalue weighted by Crippen LogP contribution is 2.60. The summed E-state index contributed by atoms with van der Waals surface area (Å²) in [6.45, 7) is 0. The minimum absolute atomic E-state index is 0.0952. The summed E-state index contributed by atoms with van der Waals surface area (Å²) in [4.78, 5) is 12.8. The van der Waals surface area contributed by atoms with Crippen molar-refractivity contribution in [2.75, 3.05) is 7.11 Å². The van der Waals surface area contributed by atoms with Crippen molar-refractivity contribution in [3.8, 4) is 5.75 Å². The van der Waals surface area contributed by atoms with E-state index in [1.807, 2.05) is 0 Å². The molecule has 1 aromatic rings. The van der Waals surface area contributed by atoms with Crippen LogP contribution >= 0.6 is 0 Å². The van der Waals surface area contributed by atoms with E-state index in [1.54, 1.807) is 31.4 Å². The topological polar surface area (TPSA) is 107 Å². The molecule has 0 bridgehead atoms. The number of Topliss-reactive ketones (excluding diaryl/α,β-unsaturated/α-hetero) is 1. The number of ketones is 1. The first-order valence-corrected chi connectivity index (χ1v) is 9.05. The molecule has 140 valence electrons. The Morgan fingerprint density at radius 1 is 1.11 bits per heavy atom. The van der Waals surface area contributed by atoms with Gasteiger partial charge < -0.3 is 25.2 Å². The Hall–Kier alpha value is -2.41. The number of rotatable bonds is 1. The van der Waals surface area contributed by atoms with E-state index in [1.165, 1.54) is 6.07 Å². The summed E-state index contributed by atoms with van der Waals surface area (Å²) >= 11 is 0. The summed E-state index contributed by atoms with van der Waals surface area (Å²) in [7, 11) is 1.55. The molecule has 6 nitrogen and oxygen atoms in total. The Morgan fingerprint density at radius 3 is 2.63 bits per heavy atom. The van der Waals surface area contributed by atoms with Crippen LogP contribution in [0.3, 0.4) is 0 Å². The number of phenolic OH excluding ortho intramolecular Hbond substituents is 1. The van der Waals surface area contributed by atoms with Crippen LogP contribution in [0, 0.1) is 17.8 Å². The lowest BCUT2D eigenvalue weighted by molar-refractivity contribution is -0.0186. The fourth-order valence-corrected chi connectivity index (χ4v) is 5.47. The number of aromatic hydroxyl groups is 1. The molecule has 1 saturated carbocycles. The molecule has 0 aliphatic heterocycles. The van der Waals surface area contributed by atoms with Gasteiger partial charge in [-0.3, -0.25) is 4.79 Å². The molecular formula is C21H20O6. The van der Waals surface area contributed by atoms with Crippen molar-refractivity contribution < 1.29 is 30.0 Å². The van der Waals surface area contributed by atoms with Gasteiger partial charge in [0.2, 0.25) is 0 Å². The summed E-state index contributed by atoms with van der Waals surface area (Å²) in [5.41, 5.74) is 2.85. The van der Waals surface area contributed by atoms with Gasteiger partial charge in [0.1, 0.15) is 11.9 Å². The molecule has 6 heteroatoms. The zero-order valence-corrected chi connectivity index (χ0v) is 14.7. The van der Waals surface area contributed by atoms with E-state index < -0.39 is 23.9 Å². The van der Waals surface area contributed by atoms with Crippen LogP contribution in [0.2, 0.25) is 0 Å². The lowest BCUT2D eigenvalue weighted by Gasteiger charge is -2.41. The fourth-order valence-electron chi connectivity index (χ4n) is 5.47. The van der Waals surface area contributed by atoms with Crippen LogP contribution in [0.4, 0.5) is 0 Å². The smallest absolute Gasteiger partial charge is 0.196 e. The normalized spacial score (nSPS) is 36.6. The van der Waals surface area contributed by atoms with Gasteiger partial charge in [-0.2, -0.15) is 0 Å². The number of aliphatic hydroxyl groups is 3. The summed E-state index contributed by atoms with van der Waals surface area (Å²) in [5, 5.41) is 42.5. The van der Waals surface area contributed by atoms with Crippen LogP contribution in [-0.4, -0.2) is 51.6 Å². The second-order valence-corrected chi connectivity index (χ2v) is 7.64. The molecule has 4 aliphatic rings. The SMILES string of the molecule is CO[C@H]1C[C@H](O)C2=C3c4cccc(O)c4C(=O)[C@@H](O)[C@@H]3C3=CC=C(O)C1C32. The van der Waals surface area contributed by atoms with Crippen LogP contribution in [0.5, 0.6) is 5.75 Å². The van der Waals surface area contributed by atoms with Gasteiger partial charge in [-0.15, -0.1) is 0 Å². The van der Waals surface area contributed by atoms with Gasteiger partial charge in [0.15, 0.2) is 5.78 Å². The molecule has 2 unspecified atom stereocenters. The van der Waals surface area contributed by atoms with Gasteiger partial charge in [-0.05, 0) is 28.9 Å². The molecule has 0 radical (unpaired) electrons. The second-order valence-electron chi connectivity index (χ2n) is 7.64. The third-order valence-electron chi connectivity index (χ3n) is 6.50. The number of carbonyl (C=O) groups is 1. The number of aliphatic hydroxyl groups excluding tert-OH is 3. The van der Waals surface area contributed by atoms with E-state index in [9.17, 15) is 25.2 Å². The van der Waals surface area contributed by atoms with Crippen molar-refractivity contribution in [3.63, 3.8) is 0 Å². The maximum atomic E-state index is 12.8. The number of benzene rings is 1. The summed E-state index contributed by atoms with van der Waals surface area (Å²) in [6, 6.07) is 4.81. The summed E-state index contributed by atoms with van der Waals surface area (Å²) < 4.78 is 5.54. The molecule has 0 amide bonds. The Labute approximate surface area is 155 Å². The molecule has 4 N–H and O–H groups in total. The van der Waals surface area contributed by atoms with E-state index in [4.69, 9.17) is 4.74 Å². The van der Waals surface area contributed by atoms with E-state index >= 15 is 0 Å². The molecule has 0 aromatic heterocycles. The summed E-state index contributed by atoms with van der Waals surface area (Å²) in [5.74, 6) is -1.82. The minimum atomic E-state index is -1.34. The van der Waals surface area contributed by atoms with Crippen molar-refractivity contribution in [1.82, 2.24) is 0 Å². The maximum absolute atomic E-state index is 12.8. The lowest BCUT2D eigenvalue weighted by atomic mass is 9.68. The molecule has 0 heterocycles. The number of methoxy groups -OCH3 is 1. The van der Waals surface area contributed by atoms with Gasteiger partial charge in [0.05, 0.1) is 29.4 Å². The first-order chi connectivity index (χ1) is 13.0. The van der Waals surface area contributed by atoms with E-state index in [-0.39, 0.29) is 35.0 Å². The Bertz CT molecular complexity index is 955. The molecule has 0 saturated heterocycles. The third kappa shape index (κ3) is 1.98. The molecular weight excluding hydrogens is 348 g/mol. The van der Waals surface area contributed by atoms with Crippen molar-refractivity contribution in [2.45, 2.75) is 24.7 Å². The number of fused-ring (bicyclic) bond motifs is 4. The largest absolute Gasteiger partial charge is 0.512 e.